The van der Waals surface area contributed by atoms with Gasteiger partial charge in [0, 0.05) is 37.7 Å². The Labute approximate surface area is 318 Å². The molecular formula is C39H54O16. The Hall–Kier alpha value is -3.06. The summed E-state index contributed by atoms with van der Waals surface area (Å²) in [4.78, 5) is 51.8. The summed E-state index contributed by atoms with van der Waals surface area (Å²) in [6.07, 6.45) is -5.28. The van der Waals surface area contributed by atoms with Crippen molar-refractivity contribution >= 4 is 23.7 Å². The third-order valence-corrected chi connectivity index (χ3v) is 14.0. The number of carbonyl (C=O) groups is 4. The highest BCUT2D eigenvalue weighted by atomic mass is 16.7. The van der Waals surface area contributed by atoms with Gasteiger partial charge in [0.05, 0.1) is 25.2 Å². The maximum absolute atomic E-state index is 13.6. The molecule has 4 aliphatic carbocycles. The van der Waals surface area contributed by atoms with E-state index in [1.807, 2.05) is 13.0 Å². The summed E-state index contributed by atoms with van der Waals surface area (Å²) in [5.41, 5.74) is -8.34. The molecule has 0 aromatic carbocycles. The van der Waals surface area contributed by atoms with Gasteiger partial charge in [0.25, 0.3) is 0 Å². The van der Waals surface area contributed by atoms with E-state index < -0.39 is 120 Å². The van der Waals surface area contributed by atoms with Crippen LogP contribution in [0.15, 0.2) is 34.9 Å². The molecule has 2 aliphatic heterocycles. The van der Waals surface area contributed by atoms with E-state index in [4.69, 9.17) is 23.7 Å². The van der Waals surface area contributed by atoms with Crippen LogP contribution in [0.2, 0.25) is 0 Å². The lowest BCUT2D eigenvalue weighted by Gasteiger charge is -2.64. The number of hydrogen-bond acceptors (Lipinski definition) is 16. The molecule has 0 spiro atoms. The van der Waals surface area contributed by atoms with Gasteiger partial charge in [-0.1, -0.05) is 17.7 Å². The third kappa shape index (κ3) is 6.23. The molecule has 306 valence electrons. The third-order valence-electron chi connectivity index (χ3n) is 14.0. The molecular weight excluding hydrogens is 724 g/mol. The summed E-state index contributed by atoms with van der Waals surface area (Å²) in [5, 5.41) is 80.0. The van der Waals surface area contributed by atoms with Gasteiger partial charge in [0.1, 0.15) is 53.4 Å². The molecule has 0 aromatic heterocycles. The van der Waals surface area contributed by atoms with Crippen molar-refractivity contribution < 1.29 is 78.6 Å². The van der Waals surface area contributed by atoms with Crippen molar-refractivity contribution in [2.45, 2.75) is 139 Å². The molecule has 1 saturated heterocycles. The summed E-state index contributed by atoms with van der Waals surface area (Å²) in [6, 6.07) is 0. The molecule has 0 bridgehead atoms. The summed E-state index contributed by atoms with van der Waals surface area (Å²) in [7, 11) is 0. The Bertz CT molecular complexity index is 1670. The fourth-order valence-electron chi connectivity index (χ4n) is 10.9. The van der Waals surface area contributed by atoms with Crippen LogP contribution in [0, 0.1) is 22.7 Å². The summed E-state index contributed by atoms with van der Waals surface area (Å²) in [6.45, 7) is 5.56. The molecule has 16 nitrogen and oxygen atoms in total. The highest BCUT2D eigenvalue weighted by molar-refractivity contribution is 5.98. The molecule has 6 unspecified atom stereocenters. The first-order chi connectivity index (χ1) is 25.7. The Kier molecular flexibility index (Phi) is 11.1. The fourth-order valence-corrected chi connectivity index (χ4v) is 10.9. The molecule has 6 aliphatic rings. The number of ketones is 1. The number of fused-ring (bicyclic) bond motifs is 5. The molecule has 2 saturated carbocycles. The molecule has 0 aromatic rings. The van der Waals surface area contributed by atoms with E-state index in [1.165, 1.54) is 26.8 Å². The second-order valence-corrected chi connectivity index (χ2v) is 16.5. The topological polar surface area (TPSA) is 256 Å². The van der Waals surface area contributed by atoms with Crippen LogP contribution in [-0.2, 0) is 42.9 Å². The average Bonchev–Trinajstić information content (AvgIpc) is 3.32. The Morgan fingerprint density at radius 2 is 1.76 bits per heavy atom. The van der Waals surface area contributed by atoms with Crippen molar-refractivity contribution in [2.24, 2.45) is 22.7 Å². The van der Waals surface area contributed by atoms with Gasteiger partial charge in [0.2, 0.25) is 0 Å². The SMILES string of the molecule is CC(=O)OCC[C@]12CC[C@H]3[C@@H](CC=C4CC=CC(=O)[C@@]43C)[C@]1(O)[C@@H](OC(C)=O)C[C@@]2(O)C(C)(O)[C@H]1CC(COC2OC(CO)C(O)C(O)C2O)=C(C)C(=O)O1. The van der Waals surface area contributed by atoms with Crippen LogP contribution in [-0.4, -0.2) is 139 Å². The first-order valence-corrected chi connectivity index (χ1v) is 18.9. The van der Waals surface area contributed by atoms with Crippen molar-refractivity contribution in [3.05, 3.63) is 34.9 Å². The first kappa shape index (κ1) is 41.6. The van der Waals surface area contributed by atoms with Crippen molar-refractivity contribution in [1.82, 2.24) is 0 Å². The van der Waals surface area contributed by atoms with E-state index in [1.54, 1.807) is 6.08 Å². The minimum Gasteiger partial charge on any atom is -0.466 e. The fraction of sp³-hybridized carbons (Fsp3) is 0.744. The number of aliphatic hydroxyl groups is 7. The monoisotopic (exact) mass is 778 g/mol. The van der Waals surface area contributed by atoms with Crippen LogP contribution in [0.25, 0.3) is 0 Å². The predicted molar refractivity (Wildman–Crippen MR) is 187 cm³/mol. The van der Waals surface area contributed by atoms with E-state index in [0.717, 1.165) is 12.5 Å². The number of hydrogen-bond donors (Lipinski definition) is 7. The lowest BCUT2D eigenvalue weighted by atomic mass is 9.43. The van der Waals surface area contributed by atoms with Gasteiger partial charge in [-0.2, -0.15) is 0 Å². The van der Waals surface area contributed by atoms with Crippen LogP contribution in [0.1, 0.15) is 79.6 Å². The summed E-state index contributed by atoms with van der Waals surface area (Å²) in [5.74, 6) is -3.60. The quantitative estimate of drug-likeness (QED) is 0.0862. The molecule has 0 radical (unpaired) electrons. The van der Waals surface area contributed by atoms with Crippen LogP contribution in [0.5, 0.6) is 0 Å². The van der Waals surface area contributed by atoms with Crippen LogP contribution >= 0.6 is 0 Å². The average molecular weight is 779 g/mol. The lowest BCUT2D eigenvalue weighted by Crippen LogP contribution is -2.74. The zero-order valence-electron chi connectivity index (χ0n) is 31.8. The lowest BCUT2D eigenvalue weighted by molar-refractivity contribution is -0.300. The molecule has 2 heterocycles. The van der Waals surface area contributed by atoms with E-state index in [2.05, 4.69) is 0 Å². The standard InChI is InChI=1S/C39H54O16/c1-19-22(18-52-34-32(46)31(45)30(44)26(17-40)54-34)15-28(55-33(19)47)36(5,48)38(49)16-29(53-21(3)42)39(50)25-10-9-23-7-6-8-27(43)35(23,4)24(25)11-12-37(38,39)13-14-51-20(2)41/h6,8-9,24-26,28-32,34,40,44-46,48-50H,7,10-18H2,1-5H3/t24-,25+,26?,28+,29-,30?,31?,32?,34?,35-,36?,37-,38+,39-/m0/s1. The largest absolute Gasteiger partial charge is 0.466 e. The number of carbonyl (C=O) groups excluding carboxylic acids is 4. The number of aliphatic hydroxyl groups excluding tert-OH is 4. The summed E-state index contributed by atoms with van der Waals surface area (Å²) >= 11 is 0. The zero-order chi connectivity index (χ0) is 40.5. The smallest absolute Gasteiger partial charge is 0.334 e. The molecule has 6 rings (SSSR count). The number of ether oxygens (including phenoxy) is 5. The molecule has 3 fully saturated rings. The molecule has 14 atom stereocenters. The second-order valence-electron chi connectivity index (χ2n) is 16.5. The highest BCUT2D eigenvalue weighted by Crippen LogP contribution is 2.72. The van der Waals surface area contributed by atoms with E-state index in [9.17, 15) is 54.9 Å². The highest BCUT2D eigenvalue weighted by Gasteiger charge is 2.82. The molecule has 55 heavy (non-hydrogen) atoms. The Balaban J connectivity index is 1.38. The van der Waals surface area contributed by atoms with Crippen molar-refractivity contribution in [1.29, 1.82) is 0 Å². The van der Waals surface area contributed by atoms with Gasteiger partial charge in [-0.05, 0) is 76.4 Å². The van der Waals surface area contributed by atoms with Crippen LogP contribution in [0.3, 0.4) is 0 Å². The Morgan fingerprint density at radius 1 is 1.05 bits per heavy atom. The number of cyclic esters (lactones) is 1. The van der Waals surface area contributed by atoms with Crippen molar-refractivity contribution in [2.75, 3.05) is 19.8 Å². The molecule has 0 amide bonds. The maximum Gasteiger partial charge on any atom is 0.334 e. The minimum absolute atomic E-state index is 0.00117. The van der Waals surface area contributed by atoms with Crippen molar-refractivity contribution in [3.8, 4) is 0 Å². The van der Waals surface area contributed by atoms with Gasteiger partial charge < -0.3 is 59.4 Å². The molecule has 16 heteroatoms. The van der Waals surface area contributed by atoms with Gasteiger partial charge >= 0.3 is 17.9 Å². The van der Waals surface area contributed by atoms with Crippen LogP contribution < -0.4 is 0 Å². The second kappa shape index (κ2) is 14.7. The van der Waals surface area contributed by atoms with Gasteiger partial charge in [0.15, 0.2) is 12.1 Å². The zero-order valence-corrected chi connectivity index (χ0v) is 31.8. The summed E-state index contributed by atoms with van der Waals surface area (Å²) < 4.78 is 28.2. The van der Waals surface area contributed by atoms with E-state index in [0.29, 0.717) is 12.8 Å². The number of rotatable bonds is 10. The number of allylic oxidation sites excluding steroid dienone is 4. The minimum atomic E-state index is -2.40. The van der Waals surface area contributed by atoms with Crippen LogP contribution in [0.4, 0.5) is 0 Å². The van der Waals surface area contributed by atoms with Crippen molar-refractivity contribution in [3.63, 3.8) is 0 Å². The normalized spacial score (nSPS) is 43.7. The van der Waals surface area contributed by atoms with Gasteiger partial charge in [-0.25, -0.2) is 4.79 Å². The van der Waals surface area contributed by atoms with E-state index in [-0.39, 0.29) is 49.2 Å². The predicted octanol–water partition coefficient (Wildman–Crippen LogP) is -0.185. The maximum atomic E-state index is 13.6. The first-order valence-electron chi connectivity index (χ1n) is 18.9. The van der Waals surface area contributed by atoms with E-state index >= 15 is 0 Å². The van der Waals surface area contributed by atoms with Gasteiger partial charge in [-0.3, -0.25) is 14.4 Å². The Morgan fingerprint density at radius 3 is 2.42 bits per heavy atom. The molecule has 7 N–H and O–H groups in total. The number of esters is 3. The van der Waals surface area contributed by atoms with Gasteiger partial charge in [-0.15, -0.1) is 0 Å².